The fourth-order valence-corrected chi connectivity index (χ4v) is 1.04. The van der Waals surface area contributed by atoms with Gasteiger partial charge in [-0.1, -0.05) is 6.07 Å². The van der Waals surface area contributed by atoms with Crippen molar-refractivity contribution in [1.29, 1.82) is 0 Å². The van der Waals surface area contributed by atoms with Gasteiger partial charge in [-0.3, -0.25) is 4.98 Å². The Morgan fingerprint density at radius 1 is 1.50 bits per heavy atom. The van der Waals surface area contributed by atoms with E-state index < -0.39 is 0 Å². The van der Waals surface area contributed by atoms with Crippen molar-refractivity contribution in [3.63, 3.8) is 0 Å². The van der Waals surface area contributed by atoms with Crippen LogP contribution in [0.3, 0.4) is 0 Å². The van der Waals surface area contributed by atoms with Crippen molar-refractivity contribution in [1.82, 2.24) is 4.98 Å². The molecule has 52 valence electrons. The largest absolute Gasteiger partial charge is 0.363 e. The van der Waals surface area contributed by atoms with Crippen LogP contribution < -0.4 is 0 Å². The number of nitrogens with zero attached hydrogens (tertiary/aromatic N) is 1. The van der Waals surface area contributed by atoms with Crippen LogP contribution >= 0.6 is 0 Å². The van der Waals surface area contributed by atoms with Gasteiger partial charge in [0.2, 0.25) is 0 Å². The quantitative estimate of drug-likeness (QED) is 0.546. The first-order chi connectivity index (χ1) is 4.88. The van der Waals surface area contributed by atoms with Crippen LogP contribution in [0.25, 0.3) is 0 Å². The molecule has 0 aromatic carbocycles. The Kier molecular flexibility index (Phi) is 1.21. The van der Waals surface area contributed by atoms with Crippen LogP contribution in [-0.2, 0) is 4.74 Å². The Balaban J connectivity index is 2.20. The zero-order valence-corrected chi connectivity index (χ0v) is 5.82. The Morgan fingerprint density at radius 3 is 2.80 bits per heavy atom. The second-order valence-electron chi connectivity index (χ2n) is 2.52. The smallest absolute Gasteiger partial charge is 0.126 e. The average Bonchev–Trinajstić information content (AvgIpc) is 2.69. The highest BCUT2D eigenvalue weighted by Gasteiger charge is 2.36. The van der Waals surface area contributed by atoms with Gasteiger partial charge in [0.25, 0.3) is 0 Å². The summed E-state index contributed by atoms with van der Waals surface area (Å²) in [5.41, 5.74) is 1.05. The summed E-state index contributed by atoms with van der Waals surface area (Å²) in [4.78, 5) is 4.17. The summed E-state index contributed by atoms with van der Waals surface area (Å²) in [6, 6.07) is 5.89. The molecule has 2 heterocycles. The second kappa shape index (κ2) is 2.06. The number of aromatic nitrogens is 1. The van der Waals surface area contributed by atoms with E-state index in [1.807, 2.05) is 18.2 Å². The van der Waals surface area contributed by atoms with Crippen LogP contribution in [0.2, 0.25) is 0 Å². The minimum Gasteiger partial charge on any atom is -0.363 e. The molecule has 0 bridgehead atoms. The van der Waals surface area contributed by atoms with E-state index in [0.29, 0.717) is 6.10 Å². The standard InChI is InChI=1S/C8H9NO/c1-6-8(10-6)7-4-2-3-5-9-7/h2-6,8H,1H3/t6-,8+/m0/s1. The van der Waals surface area contributed by atoms with E-state index in [4.69, 9.17) is 4.74 Å². The fourth-order valence-electron chi connectivity index (χ4n) is 1.04. The maximum Gasteiger partial charge on any atom is 0.126 e. The number of hydrogen-bond donors (Lipinski definition) is 0. The van der Waals surface area contributed by atoms with Gasteiger partial charge in [-0.25, -0.2) is 0 Å². The van der Waals surface area contributed by atoms with Crippen LogP contribution in [0, 0.1) is 0 Å². The maximum absolute atomic E-state index is 5.24. The summed E-state index contributed by atoms with van der Waals surface area (Å²) in [6.45, 7) is 2.05. The molecule has 0 saturated carbocycles. The first-order valence-electron chi connectivity index (χ1n) is 3.44. The molecule has 10 heavy (non-hydrogen) atoms. The number of pyridine rings is 1. The Morgan fingerprint density at radius 2 is 2.30 bits per heavy atom. The molecular weight excluding hydrogens is 126 g/mol. The summed E-state index contributed by atoms with van der Waals surface area (Å²) < 4.78 is 5.24. The number of epoxide rings is 1. The van der Waals surface area contributed by atoms with Crippen molar-refractivity contribution >= 4 is 0 Å². The van der Waals surface area contributed by atoms with Crippen LogP contribution in [0.5, 0.6) is 0 Å². The average molecular weight is 135 g/mol. The second-order valence-corrected chi connectivity index (χ2v) is 2.52. The fraction of sp³-hybridized carbons (Fsp3) is 0.375. The highest BCUT2D eigenvalue weighted by atomic mass is 16.6. The predicted molar refractivity (Wildman–Crippen MR) is 37.5 cm³/mol. The molecule has 1 aliphatic heterocycles. The van der Waals surface area contributed by atoms with Gasteiger partial charge in [0, 0.05) is 6.20 Å². The third-order valence-corrected chi connectivity index (χ3v) is 1.69. The normalized spacial score (nSPS) is 30.1. The Bertz CT molecular complexity index is 222. The lowest BCUT2D eigenvalue weighted by Crippen LogP contribution is -1.86. The molecule has 0 spiro atoms. The third-order valence-electron chi connectivity index (χ3n) is 1.69. The number of ether oxygens (including phenoxy) is 1. The molecule has 2 nitrogen and oxygen atoms in total. The molecule has 2 rings (SSSR count). The molecule has 1 fully saturated rings. The lowest BCUT2D eigenvalue weighted by Gasteiger charge is -1.89. The molecule has 1 saturated heterocycles. The van der Waals surface area contributed by atoms with E-state index in [9.17, 15) is 0 Å². The highest BCUT2D eigenvalue weighted by molar-refractivity contribution is 5.12. The lowest BCUT2D eigenvalue weighted by molar-refractivity contribution is 0.380. The maximum atomic E-state index is 5.24. The molecule has 1 aromatic rings. The molecule has 1 aliphatic rings. The van der Waals surface area contributed by atoms with E-state index in [1.54, 1.807) is 6.20 Å². The SMILES string of the molecule is C[C@@H]1O[C@H]1c1ccccn1. The first kappa shape index (κ1) is 5.86. The first-order valence-corrected chi connectivity index (χ1v) is 3.44. The molecule has 0 unspecified atom stereocenters. The summed E-state index contributed by atoms with van der Waals surface area (Å²) in [6.07, 6.45) is 2.43. The molecule has 2 atom stereocenters. The zero-order valence-electron chi connectivity index (χ0n) is 5.82. The van der Waals surface area contributed by atoms with Crippen LogP contribution in [-0.4, -0.2) is 11.1 Å². The summed E-state index contributed by atoms with van der Waals surface area (Å²) in [5.74, 6) is 0. The van der Waals surface area contributed by atoms with Crippen molar-refractivity contribution in [2.45, 2.75) is 19.1 Å². The van der Waals surface area contributed by atoms with Gasteiger partial charge in [-0.05, 0) is 19.1 Å². The van der Waals surface area contributed by atoms with Crippen molar-refractivity contribution in [2.75, 3.05) is 0 Å². The van der Waals surface area contributed by atoms with Gasteiger partial charge in [0.1, 0.15) is 6.10 Å². The van der Waals surface area contributed by atoms with Gasteiger partial charge in [0.05, 0.1) is 11.8 Å². The summed E-state index contributed by atoms with van der Waals surface area (Å²) >= 11 is 0. The number of rotatable bonds is 1. The molecule has 0 aliphatic carbocycles. The van der Waals surface area contributed by atoms with Crippen molar-refractivity contribution in [3.05, 3.63) is 30.1 Å². The molecule has 1 aromatic heterocycles. The van der Waals surface area contributed by atoms with E-state index in [-0.39, 0.29) is 6.10 Å². The molecule has 0 amide bonds. The minimum atomic E-state index is 0.265. The summed E-state index contributed by atoms with van der Waals surface area (Å²) in [7, 11) is 0. The van der Waals surface area contributed by atoms with Gasteiger partial charge >= 0.3 is 0 Å². The van der Waals surface area contributed by atoms with E-state index in [2.05, 4.69) is 11.9 Å². The van der Waals surface area contributed by atoms with E-state index >= 15 is 0 Å². The zero-order chi connectivity index (χ0) is 6.97. The van der Waals surface area contributed by atoms with Gasteiger partial charge in [-0.15, -0.1) is 0 Å². The van der Waals surface area contributed by atoms with Crippen molar-refractivity contribution in [2.24, 2.45) is 0 Å². The van der Waals surface area contributed by atoms with Gasteiger partial charge in [-0.2, -0.15) is 0 Å². The van der Waals surface area contributed by atoms with Crippen LogP contribution in [0.1, 0.15) is 18.7 Å². The van der Waals surface area contributed by atoms with Crippen LogP contribution in [0.4, 0.5) is 0 Å². The topological polar surface area (TPSA) is 25.4 Å². The van der Waals surface area contributed by atoms with Crippen molar-refractivity contribution in [3.8, 4) is 0 Å². The number of hydrogen-bond acceptors (Lipinski definition) is 2. The highest BCUT2D eigenvalue weighted by Crippen LogP contribution is 2.36. The predicted octanol–water partition coefficient (Wildman–Crippen LogP) is 1.54. The van der Waals surface area contributed by atoms with Crippen molar-refractivity contribution < 1.29 is 4.74 Å². The minimum absolute atomic E-state index is 0.265. The van der Waals surface area contributed by atoms with Gasteiger partial charge in [0.15, 0.2) is 0 Å². The molecule has 0 radical (unpaired) electrons. The molecule has 2 heteroatoms. The van der Waals surface area contributed by atoms with E-state index in [0.717, 1.165) is 5.69 Å². The third kappa shape index (κ3) is 0.907. The Labute approximate surface area is 59.9 Å². The van der Waals surface area contributed by atoms with Gasteiger partial charge < -0.3 is 4.74 Å². The molecular formula is C8H9NO. The Hall–Kier alpha value is -0.890. The van der Waals surface area contributed by atoms with Crippen LogP contribution in [0.15, 0.2) is 24.4 Å². The molecule has 0 N–H and O–H groups in total. The van der Waals surface area contributed by atoms with E-state index in [1.165, 1.54) is 0 Å². The lowest BCUT2D eigenvalue weighted by atomic mass is 10.2. The summed E-state index contributed by atoms with van der Waals surface area (Å²) in [5, 5.41) is 0. The monoisotopic (exact) mass is 135 g/mol.